The van der Waals surface area contributed by atoms with E-state index in [0.29, 0.717) is 12.8 Å². The summed E-state index contributed by atoms with van der Waals surface area (Å²) in [4.78, 5) is 11.2. The van der Waals surface area contributed by atoms with Crippen molar-refractivity contribution in [1.82, 2.24) is 5.32 Å². The first-order valence-corrected chi connectivity index (χ1v) is 12.2. The molecule has 0 aromatic rings. The summed E-state index contributed by atoms with van der Waals surface area (Å²) in [5, 5.41) is 72.4. The molecule has 0 aliphatic carbocycles. The molecular formula is C22H41NO12. The Morgan fingerprint density at radius 1 is 0.743 bits per heavy atom. The van der Waals surface area contributed by atoms with Gasteiger partial charge in [0.25, 0.3) is 0 Å². The lowest BCUT2D eigenvalue weighted by molar-refractivity contribution is -0.367. The van der Waals surface area contributed by atoms with Crippen LogP contribution in [-0.2, 0) is 23.7 Å². The molecule has 206 valence electrons. The molecule has 0 saturated carbocycles. The number of carbonyl (C=O) groups is 1. The van der Waals surface area contributed by atoms with E-state index >= 15 is 0 Å². The van der Waals surface area contributed by atoms with Gasteiger partial charge in [-0.1, -0.05) is 25.7 Å². The molecule has 10 unspecified atom stereocenters. The molecule has 13 heteroatoms. The number of hydrogen-bond acceptors (Lipinski definition) is 12. The Hall–Kier alpha value is -0.970. The van der Waals surface area contributed by atoms with E-state index in [1.165, 1.54) is 0 Å². The fourth-order valence-corrected chi connectivity index (χ4v) is 4.09. The van der Waals surface area contributed by atoms with Crippen LogP contribution in [-0.4, -0.2) is 130 Å². The lowest BCUT2D eigenvalue weighted by atomic mass is 9.97. The maximum absolute atomic E-state index is 11.2. The predicted octanol–water partition coefficient (Wildman–Crippen LogP) is -2.90. The first kappa shape index (κ1) is 30.3. The van der Waals surface area contributed by atoms with Crippen molar-refractivity contribution in [3.63, 3.8) is 0 Å². The summed E-state index contributed by atoms with van der Waals surface area (Å²) in [6, 6.07) is 0. The van der Waals surface area contributed by atoms with Crippen LogP contribution >= 0.6 is 0 Å². The number of ether oxygens (including phenoxy) is 4. The number of hydrogen-bond donors (Lipinski definition) is 8. The Labute approximate surface area is 204 Å². The van der Waals surface area contributed by atoms with E-state index in [9.17, 15) is 40.5 Å². The number of nitrogens with one attached hydrogen (secondary N) is 1. The predicted molar refractivity (Wildman–Crippen MR) is 119 cm³/mol. The number of amides is 1. The van der Waals surface area contributed by atoms with E-state index in [4.69, 9.17) is 18.9 Å². The monoisotopic (exact) mass is 511 g/mol. The molecule has 2 aliphatic heterocycles. The minimum absolute atomic E-state index is 0.0276. The molecule has 8 N–H and O–H groups in total. The van der Waals surface area contributed by atoms with E-state index in [2.05, 4.69) is 5.32 Å². The van der Waals surface area contributed by atoms with Gasteiger partial charge in [-0.05, 0) is 12.8 Å². The maximum atomic E-state index is 11.2. The van der Waals surface area contributed by atoms with Crippen molar-refractivity contribution in [1.29, 1.82) is 0 Å². The first-order valence-electron chi connectivity index (χ1n) is 12.2. The van der Waals surface area contributed by atoms with Gasteiger partial charge in [0.2, 0.25) is 5.91 Å². The molecule has 0 spiro atoms. The van der Waals surface area contributed by atoms with Crippen LogP contribution in [0.1, 0.15) is 44.9 Å². The third-order valence-electron chi connectivity index (χ3n) is 6.32. The second kappa shape index (κ2) is 15.3. The molecule has 0 aromatic carbocycles. The Bertz CT molecular complexity index is 611. The topological polar surface area (TPSA) is 208 Å². The second-order valence-electron chi connectivity index (χ2n) is 8.92. The zero-order valence-corrected chi connectivity index (χ0v) is 20.0. The van der Waals surface area contributed by atoms with Crippen molar-refractivity contribution >= 4 is 5.91 Å². The molecule has 2 aliphatic rings. The van der Waals surface area contributed by atoms with Crippen molar-refractivity contribution in [2.45, 2.75) is 106 Å². The van der Waals surface area contributed by atoms with Gasteiger partial charge in [0.1, 0.15) is 48.8 Å². The Balaban J connectivity index is 1.86. The largest absolute Gasteiger partial charge is 0.394 e. The summed E-state index contributed by atoms with van der Waals surface area (Å²) < 4.78 is 22.2. The van der Waals surface area contributed by atoms with Crippen molar-refractivity contribution in [2.24, 2.45) is 0 Å². The van der Waals surface area contributed by atoms with Crippen molar-refractivity contribution in [3.05, 3.63) is 0 Å². The van der Waals surface area contributed by atoms with E-state index in [-0.39, 0.29) is 12.5 Å². The Morgan fingerprint density at radius 3 is 1.89 bits per heavy atom. The third-order valence-corrected chi connectivity index (χ3v) is 6.32. The average molecular weight is 512 g/mol. The minimum Gasteiger partial charge on any atom is -0.394 e. The number of unbranched alkanes of at least 4 members (excludes halogenated alkanes) is 5. The zero-order chi connectivity index (χ0) is 26.0. The highest BCUT2D eigenvalue weighted by Crippen LogP contribution is 2.29. The highest BCUT2D eigenvalue weighted by Gasteiger charge is 2.50. The fraction of sp³-hybridized carbons (Fsp3) is 0.955. The standard InChI is InChI=1S/C22H41NO12/c1-23-14(26)8-6-4-2-3-5-7-9-32-22-20(18(30)16(28)13(11-25)34-22)35-21-19(31)17(29)15(27)12(10-24)33-21/h12-13,15-22,24-25,27-31H,2-11H2,1H3,(H,23,26). The van der Waals surface area contributed by atoms with Gasteiger partial charge in [0, 0.05) is 20.1 Å². The molecule has 0 aromatic heterocycles. The van der Waals surface area contributed by atoms with Gasteiger partial charge < -0.3 is 60.0 Å². The molecule has 35 heavy (non-hydrogen) atoms. The van der Waals surface area contributed by atoms with Crippen molar-refractivity contribution in [3.8, 4) is 0 Å². The third kappa shape index (κ3) is 8.54. The number of aliphatic hydroxyl groups is 7. The normalized spacial score (nSPS) is 37.8. The van der Waals surface area contributed by atoms with Crippen LogP contribution in [0.5, 0.6) is 0 Å². The van der Waals surface area contributed by atoms with Crippen LogP contribution < -0.4 is 5.32 Å². The van der Waals surface area contributed by atoms with E-state index in [0.717, 1.165) is 32.1 Å². The number of aliphatic hydroxyl groups excluding tert-OH is 7. The lowest BCUT2D eigenvalue weighted by Crippen LogP contribution is -2.64. The van der Waals surface area contributed by atoms with E-state index < -0.39 is 74.6 Å². The van der Waals surface area contributed by atoms with Crippen LogP contribution in [0.3, 0.4) is 0 Å². The van der Waals surface area contributed by atoms with Crippen molar-refractivity contribution in [2.75, 3.05) is 26.9 Å². The average Bonchev–Trinajstić information content (AvgIpc) is 2.86. The van der Waals surface area contributed by atoms with Crippen LogP contribution in [0.4, 0.5) is 0 Å². The summed E-state index contributed by atoms with van der Waals surface area (Å²) in [7, 11) is 1.61. The van der Waals surface area contributed by atoms with Gasteiger partial charge in [0.15, 0.2) is 12.6 Å². The second-order valence-corrected chi connectivity index (χ2v) is 8.92. The summed E-state index contributed by atoms with van der Waals surface area (Å²) >= 11 is 0. The quantitative estimate of drug-likeness (QED) is 0.111. The van der Waals surface area contributed by atoms with E-state index in [1.54, 1.807) is 7.05 Å². The fourth-order valence-electron chi connectivity index (χ4n) is 4.09. The van der Waals surface area contributed by atoms with Gasteiger partial charge in [-0.2, -0.15) is 0 Å². The SMILES string of the molecule is CNC(=O)CCCCCCCCOC1OC(CO)C(O)C(O)C1OC1OC(CO)C(O)C(O)C1O. The van der Waals surface area contributed by atoms with Gasteiger partial charge in [-0.3, -0.25) is 4.79 Å². The van der Waals surface area contributed by atoms with Crippen LogP contribution in [0.25, 0.3) is 0 Å². The Morgan fingerprint density at radius 2 is 1.29 bits per heavy atom. The maximum Gasteiger partial charge on any atom is 0.219 e. The molecule has 0 radical (unpaired) electrons. The Kier molecular flexibility index (Phi) is 13.2. The molecule has 13 nitrogen and oxygen atoms in total. The number of carbonyl (C=O) groups excluding carboxylic acids is 1. The van der Waals surface area contributed by atoms with Gasteiger partial charge in [-0.15, -0.1) is 0 Å². The minimum atomic E-state index is -1.71. The molecule has 0 bridgehead atoms. The molecular weight excluding hydrogens is 470 g/mol. The smallest absolute Gasteiger partial charge is 0.219 e. The zero-order valence-electron chi connectivity index (χ0n) is 20.0. The highest BCUT2D eigenvalue weighted by atomic mass is 16.8. The summed E-state index contributed by atoms with van der Waals surface area (Å²) in [6.45, 7) is -1.02. The van der Waals surface area contributed by atoms with Gasteiger partial charge in [0.05, 0.1) is 13.2 Å². The van der Waals surface area contributed by atoms with E-state index in [1.807, 2.05) is 0 Å². The van der Waals surface area contributed by atoms with Crippen LogP contribution in [0.15, 0.2) is 0 Å². The van der Waals surface area contributed by atoms with Crippen molar-refractivity contribution < 1.29 is 59.5 Å². The molecule has 10 atom stereocenters. The van der Waals surface area contributed by atoms with Gasteiger partial charge in [-0.25, -0.2) is 0 Å². The molecule has 1 amide bonds. The summed E-state index contributed by atoms with van der Waals surface area (Å²) in [5.41, 5.74) is 0. The molecule has 2 fully saturated rings. The van der Waals surface area contributed by atoms with Crippen LogP contribution in [0.2, 0.25) is 0 Å². The van der Waals surface area contributed by atoms with Gasteiger partial charge >= 0.3 is 0 Å². The lowest BCUT2D eigenvalue weighted by Gasteiger charge is -2.45. The highest BCUT2D eigenvalue weighted by molar-refractivity contribution is 5.75. The first-order chi connectivity index (χ1) is 16.7. The summed E-state index contributed by atoms with van der Waals surface area (Å²) in [6.07, 6.45) is -8.90. The summed E-state index contributed by atoms with van der Waals surface area (Å²) in [5.74, 6) is 0.0276. The molecule has 2 saturated heterocycles. The number of rotatable bonds is 14. The van der Waals surface area contributed by atoms with Crippen LogP contribution in [0, 0.1) is 0 Å². The molecule has 2 heterocycles. The molecule has 2 rings (SSSR count).